The molecule has 0 bridgehead atoms. The first-order valence-corrected chi connectivity index (χ1v) is 6.78. The van der Waals surface area contributed by atoms with Crippen molar-refractivity contribution in [2.45, 2.75) is 6.42 Å². The smallest absolute Gasteiger partial charge is 0.272 e. The van der Waals surface area contributed by atoms with E-state index in [0.29, 0.717) is 37.8 Å². The van der Waals surface area contributed by atoms with E-state index in [-0.39, 0.29) is 5.91 Å². The zero-order valence-electron chi connectivity index (χ0n) is 11.2. The van der Waals surface area contributed by atoms with Crippen LogP contribution in [0.5, 0.6) is 0 Å². The van der Waals surface area contributed by atoms with Crippen LogP contribution in [-0.2, 0) is 4.74 Å². The molecule has 0 aliphatic carbocycles. The van der Waals surface area contributed by atoms with E-state index in [9.17, 15) is 4.79 Å². The van der Waals surface area contributed by atoms with E-state index >= 15 is 0 Å². The number of carbonyl (C=O) groups is 1. The predicted molar refractivity (Wildman–Crippen MR) is 77.5 cm³/mol. The van der Waals surface area contributed by atoms with E-state index in [2.05, 4.69) is 4.98 Å². The third-order valence-corrected chi connectivity index (χ3v) is 3.50. The fourth-order valence-electron chi connectivity index (χ4n) is 2.45. The molecule has 0 atom stereocenters. The summed E-state index contributed by atoms with van der Waals surface area (Å²) in [5, 5.41) is 1.82. The highest BCUT2D eigenvalue weighted by atomic mass is 16.5. The molecule has 5 nitrogen and oxygen atoms in total. The molecule has 2 N–H and O–H groups in total. The van der Waals surface area contributed by atoms with Gasteiger partial charge in [0.15, 0.2) is 0 Å². The van der Waals surface area contributed by atoms with Crippen LogP contribution in [0.4, 0.5) is 5.82 Å². The van der Waals surface area contributed by atoms with E-state index < -0.39 is 0 Å². The van der Waals surface area contributed by atoms with Crippen molar-refractivity contribution in [2.75, 3.05) is 32.0 Å². The first-order chi connectivity index (χ1) is 9.75. The maximum Gasteiger partial charge on any atom is 0.272 e. The van der Waals surface area contributed by atoms with E-state index in [1.165, 1.54) is 0 Å². The first kappa shape index (κ1) is 12.9. The van der Waals surface area contributed by atoms with Crippen molar-refractivity contribution in [3.8, 4) is 0 Å². The molecule has 1 aromatic heterocycles. The summed E-state index contributed by atoms with van der Waals surface area (Å²) in [7, 11) is 0. The topological polar surface area (TPSA) is 68.5 Å². The number of nitrogens with two attached hydrogens (primary N) is 1. The number of hydrogen-bond acceptors (Lipinski definition) is 4. The minimum atomic E-state index is -0.0760. The summed E-state index contributed by atoms with van der Waals surface area (Å²) in [5.41, 5.74) is 6.35. The number of hydrogen-bond donors (Lipinski definition) is 1. The Hall–Kier alpha value is -2.14. The predicted octanol–water partition coefficient (Wildman–Crippen LogP) is 1.68. The Balaban J connectivity index is 1.94. The van der Waals surface area contributed by atoms with Gasteiger partial charge in [-0.05, 0) is 17.9 Å². The zero-order valence-corrected chi connectivity index (χ0v) is 11.2. The van der Waals surface area contributed by atoms with Gasteiger partial charge in [-0.1, -0.05) is 24.3 Å². The Labute approximate surface area is 117 Å². The highest BCUT2D eigenvalue weighted by Crippen LogP contribution is 2.21. The molecule has 5 heteroatoms. The molecular weight excluding hydrogens is 254 g/mol. The molecule has 2 heterocycles. The van der Waals surface area contributed by atoms with Gasteiger partial charge in [-0.2, -0.15) is 0 Å². The molecule has 104 valence electrons. The molecule has 3 rings (SSSR count). The Morgan fingerprint density at radius 1 is 1.25 bits per heavy atom. The number of nitrogens with zero attached hydrogens (tertiary/aromatic N) is 2. The number of anilines is 1. The molecule has 1 saturated heterocycles. The SMILES string of the molecule is Nc1nc(C(=O)N2CCCOCC2)cc2ccccc12. The second kappa shape index (κ2) is 5.46. The van der Waals surface area contributed by atoms with Crippen molar-refractivity contribution < 1.29 is 9.53 Å². The fourth-order valence-corrected chi connectivity index (χ4v) is 2.45. The number of ether oxygens (including phenoxy) is 1. The highest BCUT2D eigenvalue weighted by molar-refractivity contribution is 5.99. The van der Waals surface area contributed by atoms with Gasteiger partial charge < -0.3 is 15.4 Å². The van der Waals surface area contributed by atoms with E-state index in [0.717, 1.165) is 17.2 Å². The lowest BCUT2D eigenvalue weighted by atomic mass is 10.1. The molecule has 1 aliphatic rings. The monoisotopic (exact) mass is 271 g/mol. The van der Waals surface area contributed by atoms with Crippen molar-refractivity contribution in [3.05, 3.63) is 36.0 Å². The average Bonchev–Trinajstić information content (AvgIpc) is 2.75. The number of amides is 1. The summed E-state index contributed by atoms with van der Waals surface area (Å²) >= 11 is 0. The van der Waals surface area contributed by atoms with Gasteiger partial charge in [0.1, 0.15) is 11.5 Å². The number of benzene rings is 1. The minimum Gasteiger partial charge on any atom is -0.383 e. The Morgan fingerprint density at radius 3 is 3.00 bits per heavy atom. The third-order valence-electron chi connectivity index (χ3n) is 3.50. The number of pyridine rings is 1. The molecule has 0 spiro atoms. The van der Waals surface area contributed by atoms with E-state index in [1.54, 1.807) is 11.0 Å². The standard InChI is InChI=1S/C15H17N3O2/c16-14-12-5-2-1-4-11(12)10-13(17-14)15(19)18-6-3-8-20-9-7-18/h1-2,4-5,10H,3,6-9H2,(H2,16,17). The van der Waals surface area contributed by atoms with Crippen molar-refractivity contribution in [1.29, 1.82) is 0 Å². The fraction of sp³-hybridized carbons (Fsp3) is 0.333. The molecule has 1 aromatic carbocycles. The van der Waals surface area contributed by atoms with Crippen molar-refractivity contribution in [1.82, 2.24) is 9.88 Å². The van der Waals surface area contributed by atoms with Crippen LogP contribution in [0.1, 0.15) is 16.9 Å². The summed E-state index contributed by atoms with van der Waals surface area (Å²) in [4.78, 5) is 18.5. The van der Waals surface area contributed by atoms with Gasteiger partial charge in [0.25, 0.3) is 5.91 Å². The molecule has 2 aromatic rings. The average molecular weight is 271 g/mol. The lowest BCUT2D eigenvalue weighted by Crippen LogP contribution is -2.33. The molecular formula is C15H17N3O2. The molecule has 20 heavy (non-hydrogen) atoms. The quantitative estimate of drug-likeness (QED) is 0.856. The Morgan fingerprint density at radius 2 is 2.10 bits per heavy atom. The van der Waals surface area contributed by atoms with Crippen LogP contribution in [0.2, 0.25) is 0 Å². The van der Waals surface area contributed by atoms with E-state index in [1.807, 2.05) is 24.3 Å². The van der Waals surface area contributed by atoms with Gasteiger partial charge in [0.05, 0.1) is 6.61 Å². The van der Waals surface area contributed by atoms with Crippen LogP contribution < -0.4 is 5.73 Å². The van der Waals surface area contributed by atoms with Crippen molar-refractivity contribution >= 4 is 22.5 Å². The summed E-state index contributed by atoms with van der Waals surface area (Å²) in [6.07, 6.45) is 0.856. The second-order valence-corrected chi connectivity index (χ2v) is 4.87. The first-order valence-electron chi connectivity index (χ1n) is 6.78. The summed E-state index contributed by atoms with van der Waals surface area (Å²) in [5.74, 6) is 0.325. The highest BCUT2D eigenvalue weighted by Gasteiger charge is 2.19. The number of fused-ring (bicyclic) bond motifs is 1. The maximum atomic E-state index is 12.5. The van der Waals surface area contributed by atoms with Gasteiger partial charge in [-0.3, -0.25) is 4.79 Å². The second-order valence-electron chi connectivity index (χ2n) is 4.87. The summed E-state index contributed by atoms with van der Waals surface area (Å²) in [6.45, 7) is 2.59. The molecule has 0 unspecified atom stereocenters. The Bertz CT molecular complexity index is 634. The normalized spacial score (nSPS) is 16.1. The van der Waals surface area contributed by atoms with Crippen LogP contribution in [0, 0.1) is 0 Å². The lowest BCUT2D eigenvalue weighted by Gasteiger charge is -2.19. The van der Waals surface area contributed by atoms with E-state index in [4.69, 9.17) is 10.5 Å². The maximum absolute atomic E-state index is 12.5. The molecule has 0 saturated carbocycles. The largest absolute Gasteiger partial charge is 0.383 e. The number of rotatable bonds is 1. The van der Waals surface area contributed by atoms with Crippen LogP contribution in [0.15, 0.2) is 30.3 Å². The minimum absolute atomic E-state index is 0.0760. The molecule has 1 amide bonds. The Kier molecular flexibility index (Phi) is 3.52. The van der Waals surface area contributed by atoms with Gasteiger partial charge in [-0.25, -0.2) is 4.98 Å². The molecule has 0 radical (unpaired) electrons. The van der Waals surface area contributed by atoms with Gasteiger partial charge in [-0.15, -0.1) is 0 Å². The molecule has 1 fully saturated rings. The van der Waals surface area contributed by atoms with Gasteiger partial charge in [0, 0.05) is 25.1 Å². The lowest BCUT2D eigenvalue weighted by molar-refractivity contribution is 0.0736. The van der Waals surface area contributed by atoms with Crippen molar-refractivity contribution in [3.63, 3.8) is 0 Å². The third kappa shape index (κ3) is 2.44. The van der Waals surface area contributed by atoms with Crippen LogP contribution in [0.3, 0.4) is 0 Å². The number of nitrogen functional groups attached to an aromatic ring is 1. The summed E-state index contributed by atoms with van der Waals surface area (Å²) in [6, 6.07) is 9.49. The van der Waals surface area contributed by atoms with Crippen LogP contribution >= 0.6 is 0 Å². The van der Waals surface area contributed by atoms with Crippen LogP contribution in [-0.4, -0.2) is 42.1 Å². The van der Waals surface area contributed by atoms with Crippen molar-refractivity contribution in [2.24, 2.45) is 0 Å². The number of aromatic nitrogens is 1. The molecule has 1 aliphatic heterocycles. The summed E-state index contributed by atoms with van der Waals surface area (Å²) < 4.78 is 5.37. The van der Waals surface area contributed by atoms with Gasteiger partial charge >= 0.3 is 0 Å². The van der Waals surface area contributed by atoms with Gasteiger partial charge in [0.2, 0.25) is 0 Å². The zero-order chi connectivity index (χ0) is 13.9. The van der Waals surface area contributed by atoms with Crippen LogP contribution in [0.25, 0.3) is 10.8 Å². The number of carbonyl (C=O) groups excluding carboxylic acids is 1.